The number of rotatable bonds is 6. The van der Waals surface area contributed by atoms with Gasteiger partial charge < -0.3 is 14.2 Å². The van der Waals surface area contributed by atoms with Crippen LogP contribution >= 0.6 is 0 Å². The predicted molar refractivity (Wildman–Crippen MR) is 117 cm³/mol. The van der Waals surface area contributed by atoms with Crippen LogP contribution in [-0.2, 0) is 9.47 Å². The molecule has 7 heteroatoms. The molecule has 0 radical (unpaired) electrons. The molecule has 1 aliphatic heterocycles. The van der Waals surface area contributed by atoms with E-state index >= 15 is 0 Å². The Kier molecular flexibility index (Phi) is 7.00. The van der Waals surface area contributed by atoms with Gasteiger partial charge in [-0.3, -0.25) is 0 Å². The van der Waals surface area contributed by atoms with E-state index in [1.807, 2.05) is 6.92 Å². The lowest BCUT2D eigenvalue weighted by molar-refractivity contribution is -0.176. The van der Waals surface area contributed by atoms with Crippen molar-refractivity contribution in [1.29, 1.82) is 0 Å². The average molecular weight is 460 g/mol. The first-order chi connectivity index (χ1) is 15.9. The van der Waals surface area contributed by atoms with Crippen molar-refractivity contribution >= 4 is 0 Å². The molecule has 174 valence electrons. The van der Waals surface area contributed by atoms with Gasteiger partial charge in [-0.25, -0.2) is 13.2 Å². The summed E-state index contributed by atoms with van der Waals surface area (Å²) in [7, 11) is 0. The van der Waals surface area contributed by atoms with Crippen LogP contribution in [-0.4, -0.2) is 26.1 Å². The van der Waals surface area contributed by atoms with Gasteiger partial charge in [0.1, 0.15) is 0 Å². The smallest absolute Gasteiger partial charge is 0.201 e. The first kappa shape index (κ1) is 23.3. The van der Waals surface area contributed by atoms with Crippen LogP contribution in [0.5, 0.6) is 5.75 Å². The molecule has 3 nitrogen and oxygen atoms in total. The number of hydrogen-bond acceptors (Lipinski definition) is 3. The lowest BCUT2D eigenvalue weighted by atomic mass is 9.94. The van der Waals surface area contributed by atoms with E-state index in [2.05, 4.69) is 0 Å². The quantitative estimate of drug-likeness (QED) is 0.377. The van der Waals surface area contributed by atoms with Crippen LogP contribution in [0.3, 0.4) is 0 Å². The van der Waals surface area contributed by atoms with Gasteiger partial charge in [0.2, 0.25) is 5.82 Å². The average Bonchev–Trinajstić information content (AvgIpc) is 2.83. The summed E-state index contributed by atoms with van der Waals surface area (Å²) in [5.74, 6) is -4.54. The molecule has 0 N–H and O–H groups in total. The molecule has 3 aromatic carbocycles. The maximum absolute atomic E-state index is 14.9. The summed E-state index contributed by atoms with van der Waals surface area (Å²) in [5, 5.41) is 0. The fourth-order valence-corrected chi connectivity index (χ4v) is 3.79. The number of hydrogen-bond donors (Lipinski definition) is 0. The molecule has 1 fully saturated rings. The Morgan fingerprint density at radius 2 is 1.30 bits per heavy atom. The van der Waals surface area contributed by atoms with Crippen molar-refractivity contribution < 1.29 is 31.8 Å². The Morgan fingerprint density at radius 3 is 1.88 bits per heavy atom. The summed E-state index contributed by atoms with van der Waals surface area (Å²) >= 11 is 0. The van der Waals surface area contributed by atoms with Crippen LogP contribution in [0, 0.1) is 23.3 Å². The van der Waals surface area contributed by atoms with E-state index < -0.39 is 29.2 Å². The fourth-order valence-electron chi connectivity index (χ4n) is 3.79. The summed E-state index contributed by atoms with van der Waals surface area (Å²) in [4.78, 5) is 0. The highest BCUT2D eigenvalue weighted by Gasteiger charge is 2.26. The highest BCUT2D eigenvalue weighted by atomic mass is 19.2. The summed E-state index contributed by atoms with van der Waals surface area (Å²) in [6.45, 7) is 4.39. The molecule has 0 unspecified atom stereocenters. The maximum atomic E-state index is 14.9. The Morgan fingerprint density at radius 1 is 0.758 bits per heavy atom. The maximum Gasteiger partial charge on any atom is 0.201 e. The second-order valence-electron chi connectivity index (χ2n) is 7.93. The van der Waals surface area contributed by atoms with Gasteiger partial charge in [-0.2, -0.15) is 4.39 Å². The normalized spacial score (nSPS) is 18.4. The highest BCUT2D eigenvalue weighted by molar-refractivity contribution is 5.71. The van der Waals surface area contributed by atoms with Gasteiger partial charge in [0.15, 0.2) is 29.5 Å². The van der Waals surface area contributed by atoms with Gasteiger partial charge in [-0.15, -0.1) is 0 Å². The van der Waals surface area contributed by atoms with Crippen molar-refractivity contribution in [2.75, 3.05) is 19.8 Å². The first-order valence-electron chi connectivity index (χ1n) is 10.8. The van der Waals surface area contributed by atoms with Crippen LogP contribution < -0.4 is 4.74 Å². The van der Waals surface area contributed by atoms with Crippen LogP contribution in [0.2, 0.25) is 0 Å². The zero-order valence-corrected chi connectivity index (χ0v) is 18.3. The molecule has 3 aromatic rings. The highest BCUT2D eigenvalue weighted by Crippen LogP contribution is 2.34. The monoisotopic (exact) mass is 460 g/mol. The molecule has 1 saturated heterocycles. The number of ether oxygens (including phenoxy) is 3. The van der Waals surface area contributed by atoms with Gasteiger partial charge in [-0.05, 0) is 42.2 Å². The van der Waals surface area contributed by atoms with Gasteiger partial charge in [0, 0.05) is 17.0 Å². The standard InChI is InChI=1S/C26H24F4O3/c1-3-12-31-22-11-10-20(25(29)26(22)30)17-6-4-16(5-7-17)19-8-9-21(24(28)23(19)27)18-13-32-15(2)33-14-18/h4-11,15,18H,3,12-14H2,1-2H3. The van der Waals surface area contributed by atoms with Crippen molar-refractivity contribution in [1.82, 2.24) is 0 Å². The number of halogens is 4. The third kappa shape index (κ3) is 4.75. The van der Waals surface area contributed by atoms with Crippen molar-refractivity contribution in [2.24, 2.45) is 0 Å². The van der Waals surface area contributed by atoms with E-state index in [0.29, 0.717) is 17.5 Å². The minimum absolute atomic E-state index is 0.0522. The van der Waals surface area contributed by atoms with Gasteiger partial charge >= 0.3 is 0 Å². The molecule has 0 atom stereocenters. The van der Waals surface area contributed by atoms with Crippen molar-refractivity contribution in [3.8, 4) is 28.0 Å². The van der Waals surface area contributed by atoms with Gasteiger partial charge in [0.25, 0.3) is 0 Å². The van der Waals surface area contributed by atoms with Crippen LogP contribution in [0.15, 0.2) is 48.5 Å². The van der Waals surface area contributed by atoms with E-state index in [9.17, 15) is 17.6 Å². The summed E-state index contributed by atoms with van der Waals surface area (Å²) in [6.07, 6.45) is 0.300. The Labute approximate surface area is 189 Å². The van der Waals surface area contributed by atoms with Crippen molar-refractivity contribution in [3.05, 3.63) is 77.4 Å². The molecular weight excluding hydrogens is 436 g/mol. The third-order valence-electron chi connectivity index (χ3n) is 5.63. The third-order valence-corrected chi connectivity index (χ3v) is 5.63. The summed E-state index contributed by atoms with van der Waals surface area (Å²) in [5.41, 5.74) is 1.14. The summed E-state index contributed by atoms with van der Waals surface area (Å²) < 4.78 is 74.6. The lowest BCUT2D eigenvalue weighted by Gasteiger charge is -2.28. The largest absolute Gasteiger partial charge is 0.490 e. The topological polar surface area (TPSA) is 27.7 Å². The van der Waals surface area contributed by atoms with E-state index in [1.165, 1.54) is 36.4 Å². The van der Waals surface area contributed by atoms with Gasteiger partial charge in [0.05, 0.1) is 19.8 Å². The SMILES string of the molecule is CCCOc1ccc(-c2ccc(-c3ccc(C4COC(C)OC4)c(F)c3F)cc2)c(F)c1F. The lowest BCUT2D eigenvalue weighted by Crippen LogP contribution is -2.29. The molecule has 1 heterocycles. The molecule has 0 bridgehead atoms. The molecule has 0 amide bonds. The molecule has 0 saturated carbocycles. The number of benzene rings is 3. The minimum Gasteiger partial charge on any atom is -0.490 e. The second kappa shape index (κ2) is 9.93. The van der Waals surface area contributed by atoms with E-state index in [1.54, 1.807) is 19.1 Å². The van der Waals surface area contributed by atoms with Crippen LogP contribution in [0.25, 0.3) is 22.3 Å². The molecule has 0 aromatic heterocycles. The summed E-state index contributed by atoms with van der Waals surface area (Å²) in [6, 6.07) is 12.0. The van der Waals surface area contributed by atoms with Crippen LogP contribution in [0.4, 0.5) is 17.6 Å². The molecule has 4 rings (SSSR count). The second-order valence-corrected chi connectivity index (χ2v) is 7.93. The minimum atomic E-state index is -1.06. The van der Waals surface area contributed by atoms with E-state index in [4.69, 9.17) is 14.2 Å². The van der Waals surface area contributed by atoms with Crippen molar-refractivity contribution in [2.45, 2.75) is 32.5 Å². The molecular formula is C26H24F4O3. The molecule has 1 aliphatic rings. The Bertz CT molecular complexity index is 1120. The Balaban J connectivity index is 1.59. The van der Waals surface area contributed by atoms with E-state index in [-0.39, 0.29) is 48.6 Å². The fraction of sp³-hybridized carbons (Fsp3) is 0.308. The zero-order valence-electron chi connectivity index (χ0n) is 18.3. The molecule has 0 spiro atoms. The van der Waals surface area contributed by atoms with Crippen molar-refractivity contribution in [3.63, 3.8) is 0 Å². The molecule has 0 aliphatic carbocycles. The predicted octanol–water partition coefficient (Wildman–Crippen LogP) is 6.84. The van der Waals surface area contributed by atoms with Gasteiger partial charge in [-0.1, -0.05) is 43.3 Å². The van der Waals surface area contributed by atoms with E-state index in [0.717, 1.165) is 0 Å². The first-order valence-corrected chi connectivity index (χ1v) is 10.8. The Hall–Kier alpha value is -2.90. The zero-order chi connectivity index (χ0) is 23.5. The van der Waals surface area contributed by atoms with Crippen LogP contribution in [0.1, 0.15) is 31.7 Å². The molecule has 33 heavy (non-hydrogen) atoms.